The molecule has 3 amide bonds. The molecule has 0 radical (unpaired) electrons. The Labute approximate surface area is 602 Å². The number of nitrogens with zero attached hydrogens (tertiary/aromatic N) is 13. The molecule has 103 heavy (non-hydrogen) atoms. The van der Waals surface area contributed by atoms with E-state index in [4.69, 9.17) is 19.6 Å². The maximum Gasteiger partial charge on any atom is 0.410 e. The summed E-state index contributed by atoms with van der Waals surface area (Å²) in [7, 11) is 0. The van der Waals surface area contributed by atoms with Crippen molar-refractivity contribution in [2.75, 3.05) is 113 Å². The third kappa shape index (κ3) is 16.6. The molecule has 4 fully saturated rings. The molecule has 0 aliphatic carbocycles. The zero-order valence-electron chi connectivity index (χ0n) is 60.2. The first-order valence-corrected chi connectivity index (χ1v) is 36.2. The summed E-state index contributed by atoms with van der Waals surface area (Å²) in [5.74, 6) is 0.988. The maximum atomic E-state index is 13.7. The highest BCUT2D eigenvalue weighted by Crippen LogP contribution is 2.37. The number of amides is 3. The van der Waals surface area contributed by atoms with E-state index in [2.05, 4.69) is 166 Å². The molecule has 1 unspecified atom stereocenters. The average molecular weight is 1390 g/mol. The van der Waals surface area contributed by atoms with Gasteiger partial charge in [-0.2, -0.15) is 10.2 Å². The number of rotatable bonds is 16. The number of hydrogen-bond acceptors (Lipinski definition) is 16. The molecule has 23 heteroatoms. The van der Waals surface area contributed by atoms with E-state index in [1.165, 1.54) is 28.2 Å². The number of piperazine rings is 3. The smallest absolute Gasteiger partial charge is 0.410 e. The predicted molar refractivity (Wildman–Crippen MR) is 406 cm³/mol. The van der Waals surface area contributed by atoms with Crippen LogP contribution in [-0.4, -0.2) is 186 Å². The van der Waals surface area contributed by atoms with E-state index < -0.39 is 5.60 Å². The normalized spacial score (nSPS) is 15.7. The van der Waals surface area contributed by atoms with Crippen LogP contribution in [0, 0.1) is 13.8 Å². The minimum atomic E-state index is -0.583. The average Bonchev–Trinajstić information content (AvgIpc) is 1.63. The number of carbonyl (C=O) groups is 3. The second kappa shape index (κ2) is 32.5. The minimum Gasteiger partial charge on any atom is -0.444 e. The molecule has 1 atom stereocenters. The van der Waals surface area contributed by atoms with E-state index in [1.807, 2.05) is 109 Å². The van der Waals surface area contributed by atoms with E-state index in [0.29, 0.717) is 80.3 Å². The molecule has 5 N–H and O–H groups in total. The van der Waals surface area contributed by atoms with Crippen molar-refractivity contribution in [3.8, 4) is 45.3 Å². The number of carbonyl (C=O) groups excluding carboxylic acids is 3. The molecule has 4 aliphatic rings. The van der Waals surface area contributed by atoms with Crippen molar-refractivity contribution >= 4 is 56.8 Å². The van der Waals surface area contributed by atoms with Crippen LogP contribution in [0.3, 0.4) is 0 Å². The number of hydrogen-bond donors (Lipinski definition) is 5. The number of aromatic amines is 3. The fourth-order valence-electron chi connectivity index (χ4n) is 13.8. The standard InChI is InChI=1S/C40H48N8O4.C30H32N8O.C10H14N2/c1-6-45(39(50)52-40(3,4)5)26-29-23-41-24-32(27(29)2)28-15-16-34-31(22-28)36(44-48(34)35-14-10-11-21-51-35)37-42-25-33(43-37)38(49)47-19-17-46(18-20-47)30-12-8-7-9-13-30;1-3-31-16-22-17-32-18-25(20(22)2)21-9-10-26-24(15-21)28(36-35-26)29-33-19-27(34-29)30(39)38-13-11-37(12-14-38)23-7-5-4-6-8-23;1-2-4-10(5-3-1)12-8-6-11-7-9-12/h7-9,12-13,15-16,22-25,35H,6,10-11,14,17-21,26H2,1-5H3,(H,42,43);4-10,15,17-19,31H,3,11-14,16H2,1-2H3,(H,33,34)(H,35,36);1-5,11H,6-9H2. The van der Waals surface area contributed by atoms with Crippen molar-refractivity contribution < 1.29 is 23.9 Å². The van der Waals surface area contributed by atoms with Gasteiger partial charge in [0.15, 0.2) is 17.9 Å². The molecule has 15 rings (SSSR count). The first-order valence-electron chi connectivity index (χ1n) is 36.2. The van der Waals surface area contributed by atoms with Crippen LogP contribution in [-0.2, 0) is 22.6 Å². The summed E-state index contributed by atoms with van der Waals surface area (Å²) < 4.78 is 13.8. The molecule has 534 valence electrons. The fourth-order valence-corrected chi connectivity index (χ4v) is 13.8. The van der Waals surface area contributed by atoms with Gasteiger partial charge in [-0.05, 0) is 161 Å². The predicted octanol–water partition coefficient (Wildman–Crippen LogP) is 12.7. The van der Waals surface area contributed by atoms with Crippen LogP contribution in [0.25, 0.3) is 67.1 Å². The Bertz CT molecular complexity index is 4650. The Hall–Kier alpha value is -10.8. The third-order valence-corrected chi connectivity index (χ3v) is 19.6. The number of ether oxygens (including phenoxy) is 2. The number of aromatic nitrogens is 10. The van der Waals surface area contributed by atoms with Crippen LogP contribution in [0.15, 0.2) is 165 Å². The molecular formula is C80H94N18O5. The molecule has 11 aromatic rings. The Balaban J connectivity index is 0.000000162. The number of benzene rings is 5. The van der Waals surface area contributed by atoms with Crippen molar-refractivity contribution in [2.45, 2.75) is 92.6 Å². The van der Waals surface area contributed by atoms with Gasteiger partial charge in [0.2, 0.25) is 0 Å². The van der Waals surface area contributed by atoms with E-state index in [0.717, 1.165) is 140 Å². The lowest BCUT2D eigenvalue weighted by Crippen LogP contribution is -2.48. The van der Waals surface area contributed by atoms with Gasteiger partial charge in [-0.25, -0.2) is 19.4 Å². The Morgan fingerprint density at radius 1 is 0.602 bits per heavy atom. The van der Waals surface area contributed by atoms with Crippen molar-refractivity contribution in [1.82, 2.24) is 75.2 Å². The van der Waals surface area contributed by atoms with Crippen LogP contribution in [0.2, 0.25) is 0 Å². The summed E-state index contributed by atoms with van der Waals surface area (Å²) in [5, 5.41) is 21.3. The van der Waals surface area contributed by atoms with Crippen LogP contribution in [0.1, 0.15) is 103 Å². The van der Waals surface area contributed by atoms with Crippen LogP contribution in [0.4, 0.5) is 21.9 Å². The molecule has 0 saturated carbocycles. The van der Waals surface area contributed by atoms with E-state index in [-0.39, 0.29) is 24.1 Å². The van der Waals surface area contributed by atoms with Gasteiger partial charge in [0.05, 0.1) is 30.0 Å². The lowest BCUT2D eigenvalue weighted by Gasteiger charge is -2.35. The summed E-state index contributed by atoms with van der Waals surface area (Å²) in [5.41, 5.74) is 15.6. The number of fused-ring (bicyclic) bond motifs is 2. The van der Waals surface area contributed by atoms with Gasteiger partial charge < -0.3 is 59.5 Å². The fraction of sp³-hybridized carbons (Fsp3) is 0.362. The van der Waals surface area contributed by atoms with Gasteiger partial charge >= 0.3 is 6.09 Å². The first-order chi connectivity index (χ1) is 50.2. The summed E-state index contributed by atoms with van der Waals surface area (Å²) in [6.07, 6.45) is 13.2. The number of para-hydroxylation sites is 3. The molecule has 10 heterocycles. The van der Waals surface area contributed by atoms with Gasteiger partial charge in [0, 0.05) is 162 Å². The molecule has 0 bridgehead atoms. The second-order valence-corrected chi connectivity index (χ2v) is 27.5. The van der Waals surface area contributed by atoms with Crippen molar-refractivity contribution in [3.05, 3.63) is 198 Å². The van der Waals surface area contributed by atoms with Crippen molar-refractivity contribution in [1.29, 1.82) is 0 Å². The van der Waals surface area contributed by atoms with Gasteiger partial charge in [0.1, 0.15) is 28.4 Å². The summed E-state index contributed by atoms with van der Waals surface area (Å²) in [4.78, 5) is 77.2. The number of nitrogens with one attached hydrogen (secondary N) is 5. The van der Waals surface area contributed by atoms with Gasteiger partial charge in [-0.15, -0.1) is 0 Å². The Kier molecular flexibility index (Phi) is 22.3. The number of H-pyrrole nitrogens is 3. The van der Waals surface area contributed by atoms with E-state index >= 15 is 0 Å². The second-order valence-electron chi connectivity index (χ2n) is 27.5. The molecule has 4 saturated heterocycles. The first kappa shape index (κ1) is 70.7. The van der Waals surface area contributed by atoms with Gasteiger partial charge in [-0.1, -0.05) is 73.7 Å². The largest absolute Gasteiger partial charge is 0.444 e. The monoisotopic (exact) mass is 1390 g/mol. The quantitative estimate of drug-likeness (QED) is 0.0604. The molecule has 0 spiro atoms. The zero-order valence-corrected chi connectivity index (χ0v) is 60.2. The topological polar surface area (TPSA) is 243 Å². The van der Waals surface area contributed by atoms with E-state index in [9.17, 15) is 14.4 Å². The van der Waals surface area contributed by atoms with Crippen LogP contribution >= 0.6 is 0 Å². The lowest BCUT2D eigenvalue weighted by atomic mass is 9.97. The van der Waals surface area contributed by atoms with Crippen LogP contribution in [0.5, 0.6) is 0 Å². The highest BCUT2D eigenvalue weighted by atomic mass is 16.6. The highest BCUT2D eigenvalue weighted by Gasteiger charge is 2.30. The number of pyridine rings is 2. The Morgan fingerprint density at radius 2 is 1.13 bits per heavy atom. The molecule has 23 nitrogen and oxygen atoms in total. The number of anilines is 3. The van der Waals surface area contributed by atoms with Crippen LogP contribution < -0.4 is 25.3 Å². The van der Waals surface area contributed by atoms with Gasteiger partial charge in [0.25, 0.3) is 11.8 Å². The zero-order chi connectivity index (χ0) is 71.4. The van der Waals surface area contributed by atoms with E-state index in [1.54, 1.807) is 17.3 Å². The highest BCUT2D eigenvalue weighted by molar-refractivity contribution is 5.98. The number of imidazole rings is 2. The summed E-state index contributed by atoms with van der Waals surface area (Å²) in [6.45, 7) is 27.3. The summed E-state index contributed by atoms with van der Waals surface area (Å²) >= 11 is 0. The molecule has 4 aliphatic heterocycles. The van der Waals surface area contributed by atoms with Crippen molar-refractivity contribution in [2.24, 2.45) is 0 Å². The maximum absolute atomic E-state index is 13.7. The SMILES string of the molecule is CCN(Cc1cncc(-c2ccc3c(c2)c(-c2ncc(C(=O)N4CCN(c5ccccc5)CC4)[nH]2)nn3C2CCCCO2)c1C)C(=O)OC(C)(C)C.CCNCc1cncc(-c2ccc3[nH]nc(-c4ncc(C(=O)N5CCN(c6ccccc6)CC5)[nH]4)c3c2)c1C.c1ccc(N2CCNCC2)cc1. The van der Waals surface area contributed by atoms with Crippen molar-refractivity contribution in [3.63, 3.8) is 0 Å². The molecule has 6 aromatic heterocycles. The third-order valence-electron chi connectivity index (χ3n) is 19.6. The molecular weight excluding hydrogens is 1290 g/mol. The van der Waals surface area contributed by atoms with Gasteiger partial charge in [-0.3, -0.25) is 24.7 Å². The minimum absolute atomic E-state index is 0.0406. The molecule has 5 aromatic carbocycles. The summed E-state index contributed by atoms with van der Waals surface area (Å²) in [6, 6.07) is 43.7. The lowest BCUT2D eigenvalue weighted by molar-refractivity contribution is -0.0365. The Morgan fingerprint density at radius 3 is 1.66 bits per heavy atom.